The smallest absolute Gasteiger partial charge is 0.311 e. The molecule has 0 radical (unpaired) electrons. The van der Waals surface area contributed by atoms with Crippen molar-refractivity contribution < 1.29 is 9.66 Å². The molecule has 0 unspecified atom stereocenters. The summed E-state index contributed by atoms with van der Waals surface area (Å²) >= 11 is 5.21. The lowest BCUT2D eigenvalue weighted by atomic mass is 10.1. The van der Waals surface area contributed by atoms with Crippen LogP contribution in [0.5, 0.6) is 5.75 Å². The summed E-state index contributed by atoms with van der Waals surface area (Å²) in [7, 11) is 1.41. The van der Waals surface area contributed by atoms with Crippen LogP contribution in [0, 0.1) is 14.9 Å². The van der Waals surface area contributed by atoms with Crippen LogP contribution in [0.3, 0.4) is 0 Å². The SMILES string of the molecule is COc1ccc(-c2n[nH]c(=S)n2C2CC2)cc1[N+](=O)[O-]. The number of hydrogen-bond acceptors (Lipinski definition) is 5. The number of ether oxygens (including phenoxy) is 1. The van der Waals surface area contributed by atoms with Gasteiger partial charge >= 0.3 is 5.69 Å². The van der Waals surface area contributed by atoms with Gasteiger partial charge in [-0.25, -0.2) is 0 Å². The Morgan fingerprint density at radius 1 is 1.55 bits per heavy atom. The van der Waals surface area contributed by atoms with Crippen LogP contribution in [0.2, 0.25) is 0 Å². The van der Waals surface area contributed by atoms with E-state index in [0.29, 0.717) is 22.2 Å². The Labute approximate surface area is 119 Å². The van der Waals surface area contributed by atoms with E-state index in [2.05, 4.69) is 10.2 Å². The quantitative estimate of drug-likeness (QED) is 0.532. The van der Waals surface area contributed by atoms with E-state index < -0.39 is 4.92 Å². The highest BCUT2D eigenvalue weighted by Gasteiger charge is 2.28. The first-order chi connectivity index (χ1) is 9.61. The van der Waals surface area contributed by atoms with Gasteiger partial charge in [-0.3, -0.25) is 19.8 Å². The van der Waals surface area contributed by atoms with Gasteiger partial charge in [0.2, 0.25) is 0 Å². The Morgan fingerprint density at radius 2 is 2.30 bits per heavy atom. The Kier molecular flexibility index (Phi) is 3.01. The Hall–Kier alpha value is -2.22. The van der Waals surface area contributed by atoms with Crippen LogP contribution >= 0.6 is 12.2 Å². The molecule has 1 fully saturated rings. The highest BCUT2D eigenvalue weighted by Crippen LogP contribution is 2.39. The normalized spacial score (nSPS) is 14.2. The molecule has 20 heavy (non-hydrogen) atoms. The van der Waals surface area contributed by atoms with Crippen molar-refractivity contribution >= 4 is 17.9 Å². The minimum atomic E-state index is -0.467. The molecule has 1 aliphatic rings. The number of nitrogens with one attached hydrogen (secondary N) is 1. The molecule has 3 rings (SSSR count). The summed E-state index contributed by atoms with van der Waals surface area (Å²) in [4.78, 5) is 10.6. The second-order valence-corrected chi connectivity index (χ2v) is 4.98. The van der Waals surface area contributed by atoms with Crippen molar-refractivity contribution in [2.24, 2.45) is 0 Å². The molecule has 2 aromatic rings. The molecule has 1 aromatic heterocycles. The van der Waals surface area contributed by atoms with Gasteiger partial charge < -0.3 is 4.74 Å². The molecule has 1 aromatic carbocycles. The number of nitrogens with zero attached hydrogens (tertiary/aromatic N) is 3. The zero-order valence-electron chi connectivity index (χ0n) is 10.7. The van der Waals surface area contributed by atoms with Gasteiger partial charge in [-0.05, 0) is 37.2 Å². The topological polar surface area (TPSA) is 86.0 Å². The number of H-pyrrole nitrogens is 1. The molecule has 1 heterocycles. The Bertz CT molecular complexity index is 733. The van der Waals surface area contributed by atoms with Crippen molar-refractivity contribution in [1.82, 2.24) is 14.8 Å². The van der Waals surface area contributed by atoms with Crippen LogP contribution in [0.25, 0.3) is 11.4 Å². The molecule has 0 aliphatic heterocycles. The summed E-state index contributed by atoms with van der Waals surface area (Å²) < 4.78 is 7.46. The molecular weight excluding hydrogens is 280 g/mol. The third-order valence-corrected chi connectivity index (χ3v) is 3.54. The number of nitro benzene ring substituents is 1. The first kappa shape index (κ1) is 12.8. The number of hydrogen-bond donors (Lipinski definition) is 1. The van der Waals surface area contributed by atoms with Gasteiger partial charge in [0.25, 0.3) is 0 Å². The van der Waals surface area contributed by atoms with Crippen LogP contribution in [0.4, 0.5) is 5.69 Å². The van der Waals surface area contributed by atoms with Gasteiger partial charge in [-0.1, -0.05) is 0 Å². The van der Waals surface area contributed by atoms with Crippen molar-refractivity contribution in [3.63, 3.8) is 0 Å². The molecule has 7 nitrogen and oxygen atoms in total. The molecule has 8 heteroatoms. The Balaban J connectivity index is 2.13. The van der Waals surface area contributed by atoms with Gasteiger partial charge in [0, 0.05) is 17.7 Å². The van der Waals surface area contributed by atoms with Crippen molar-refractivity contribution in [3.05, 3.63) is 33.1 Å². The molecular formula is C12H12N4O3S. The number of benzene rings is 1. The minimum Gasteiger partial charge on any atom is -0.490 e. The number of rotatable bonds is 4. The van der Waals surface area contributed by atoms with Crippen LogP contribution in [0.1, 0.15) is 18.9 Å². The molecule has 1 saturated carbocycles. The standard InChI is InChI=1S/C12H12N4O3S/c1-19-10-5-2-7(6-9(10)16(17)18)11-13-14-12(20)15(11)8-3-4-8/h2,5-6,8H,3-4H2,1H3,(H,14,20). The maximum atomic E-state index is 11.1. The fraction of sp³-hybridized carbons (Fsp3) is 0.333. The summed E-state index contributed by atoms with van der Waals surface area (Å²) in [6.45, 7) is 0. The fourth-order valence-electron chi connectivity index (χ4n) is 2.15. The number of aromatic nitrogens is 3. The molecule has 1 N–H and O–H groups in total. The molecule has 0 bridgehead atoms. The van der Waals surface area contributed by atoms with Crippen molar-refractivity contribution in [3.8, 4) is 17.1 Å². The minimum absolute atomic E-state index is 0.0822. The summed E-state index contributed by atoms with van der Waals surface area (Å²) in [5.41, 5.74) is 0.568. The van der Waals surface area contributed by atoms with E-state index in [0.717, 1.165) is 12.8 Å². The summed E-state index contributed by atoms with van der Waals surface area (Å²) in [6.07, 6.45) is 2.11. The lowest BCUT2D eigenvalue weighted by Crippen LogP contribution is -1.99. The first-order valence-corrected chi connectivity index (χ1v) is 6.52. The van der Waals surface area contributed by atoms with Gasteiger partial charge in [-0.2, -0.15) is 5.10 Å². The third kappa shape index (κ3) is 2.07. The van der Waals surface area contributed by atoms with Crippen molar-refractivity contribution in [2.75, 3.05) is 7.11 Å². The van der Waals surface area contributed by atoms with Crippen LogP contribution < -0.4 is 4.74 Å². The first-order valence-electron chi connectivity index (χ1n) is 6.11. The number of nitro groups is 1. The van der Waals surface area contributed by atoms with E-state index in [9.17, 15) is 10.1 Å². The number of aromatic amines is 1. The van der Waals surface area contributed by atoms with Crippen molar-refractivity contribution in [2.45, 2.75) is 18.9 Å². The summed E-state index contributed by atoms with van der Waals surface area (Å²) in [5.74, 6) is 0.856. The van der Waals surface area contributed by atoms with E-state index in [-0.39, 0.29) is 11.4 Å². The monoisotopic (exact) mass is 292 g/mol. The summed E-state index contributed by atoms with van der Waals surface area (Å²) in [6, 6.07) is 5.12. The molecule has 0 spiro atoms. The third-order valence-electron chi connectivity index (χ3n) is 3.25. The van der Waals surface area contributed by atoms with Crippen LogP contribution in [0.15, 0.2) is 18.2 Å². The van der Waals surface area contributed by atoms with Crippen molar-refractivity contribution in [1.29, 1.82) is 0 Å². The molecule has 104 valence electrons. The van der Waals surface area contributed by atoms with Crippen LogP contribution in [-0.4, -0.2) is 26.8 Å². The molecule has 0 amide bonds. The largest absolute Gasteiger partial charge is 0.490 e. The van der Waals surface area contributed by atoms with Gasteiger partial charge in [-0.15, -0.1) is 0 Å². The highest BCUT2D eigenvalue weighted by molar-refractivity contribution is 7.71. The zero-order valence-corrected chi connectivity index (χ0v) is 11.5. The average molecular weight is 292 g/mol. The van der Waals surface area contributed by atoms with E-state index in [1.165, 1.54) is 13.2 Å². The summed E-state index contributed by atoms with van der Waals surface area (Å²) in [5, 5.41) is 18.0. The van der Waals surface area contributed by atoms with E-state index in [1.54, 1.807) is 12.1 Å². The number of methoxy groups -OCH3 is 1. The predicted molar refractivity (Wildman–Crippen MR) is 74.3 cm³/mol. The van der Waals surface area contributed by atoms with E-state index in [4.69, 9.17) is 17.0 Å². The predicted octanol–water partition coefficient (Wildman–Crippen LogP) is 2.86. The van der Waals surface area contributed by atoms with E-state index in [1.807, 2.05) is 4.57 Å². The van der Waals surface area contributed by atoms with E-state index >= 15 is 0 Å². The molecule has 0 saturated heterocycles. The van der Waals surface area contributed by atoms with Crippen LogP contribution in [-0.2, 0) is 0 Å². The molecule has 0 atom stereocenters. The van der Waals surface area contributed by atoms with Gasteiger partial charge in [0.05, 0.1) is 12.0 Å². The average Bonchev–Trinajstić information content (AvgIpc) is 3.20. The fourth-order valence-corrected chi connectivity index (χ4v) is 2.43. The second-order valence-electron chi connectivity index (χ2n) is 4.60. The molecule has 1 aliphatic carbocycles. The zero-order chi connectivity index (χ0) is 14.3. The Morgan fingerprint density at radius 3 is 2.90 bits per heavy atom. The second kappa shape index (κ2) is 4.71. The lowest BCUT2D eigenvalue weighted by molar-refractivity contribution is -0.385. The lowest BCUT2D eigenvalue weighted by Gasteiger charge is -2.06. The van der Waals surface area contributed by atoms with Gasteiger partial charge in [0.1, 0.15) is 0 Å². The maximum absolute atomic E-state index is 11.1. The highest BCUT2D eigenvalue weighted by atomic mass is 32.1. The maximum Gasteiger partial charge on any atom is 0.311 e. The van der Waals surface area contributed by atoms with Gasteiger partial charge in [0.15, 0.2) is 16.3 Å².